The van der Waals surface area contributed by atoms with E-state index in [4.69, 9.17) is 0 Å². The van der Waals surface area contributed by atoms with Crippen molar-refractivity contribution in [3.05, 3.63) is 88.1 Å². The lowest BCUT2D eigenvalue weighted by Crippen LogP contribution is -2.37. The minimum Gasteiger partial charge on any atom is -0.395 e. The van der Waals surface area contributed by atoms with Crippen LogP contribution in [0.3, 0.4) is 0 Å². The van der Waals surface area contributed by atoms with Crippen molar-refractivity contribution in [2.24, 2.45) is 0 Å². The number of carbonyl (C=O) groups is 1. The first-order chi connectivity index (χ1) is 17.2. The molecule has 0 bridgehead atoms. The second-order valence-electron chi connectivity index (χ2n) is 8.43. The Labute approximate surface area is 204 Å². The van der Waals surface area contributed by atoms with Crippen LogP contribution >= 0.6 is 0 Å². The minimum atomic E-state index is -3.76. The Morgan fingerprint density at radius 2 is 1.89 bits per heavy atom. The first-order valence-electron chi connectivity index (χ1n) is 11.3. The molecule has 5 rings (SSSR count). The smallest absolute Gasteiger partial charge is 0.395 e. The van der Waals surface area contributed by atoms with Crippen molar-refractivity contribution < 1.29 is 23.0 Å². The van der Waals surface area contributed by atoms with Gasteiger partial charge in [0, 0.05) is 42.5 Å². The second-order valence-corrected chi connectivity index (χ2v) is 8.43. The molecule has 10 heteroatoms. The summed E-state index contributed by atoms with van der Waals surface area (Å²) in [6.07, 6.45) is 0.0742. The van der Waals surface area contributed by atoms with Gasteiger partial charge < -0.3 is 14.4 Å². The number of rotatable bonds is 6. The van der Waals surface area contributed by atoms with E-state index in [1.54, 1.807) is 25.4 Å². The Bertz CT molecular complexity index is 1520. The number of carbonyl (C=O) groups excluding carboxylic acids is 1. The molecule has 0 saturated heterocycles. The molecule has 184 valence electrons. The lowest BCUT2D eigenvalue weighted by Gasteiger charge is -2.22. The third kappa shape index (κ3) is 4.49. The number of ether oxygens (including phenoxy) is 2. The number of benzene rings is 2. The minimum absolute atomic E-state index is 0.116. The fraction of sp³-hybridized carbons (Fsp3) is 0.231. The van der Waals surface area contributed by atoms with Crippen molar-refractivity contribution in [2.45, 2.75) is 33.1 Å². The largest absolute Gasteiger partial charge is 0.586 e. The molecule has 0 unspecified atom stereocenters. The molecule has 2 aromatic heterocycles. The third-order valence-electron chi connectivity index (χ3n) is 5.89. The Morgan fingerprint density at radius 1 is 1.08 bits per heavy atom. The zero-order valence-electron chi connectivity index (χ0n) is 19.6. The number of alkyl halides is 2. The number of amides is 1. The number of anilines is 1. The topological polar surface area (TPSA) is 86.6 Å². The molecule has 1 aliphatic heterocycles. The SMILES string of the molecule is CCN(C(=O)Cn1nc(Cc2cccnc2)c2cc(C)ccc2c1=O)c1ccc2c(c1)OC(F)(F)O2. The van der Waals surface area contributed by atoms with Crippen LogP contribution in [0.25, 0.3) is 10.8 Å². The highest BCUT2D eigenvalue weighted by Gasteiger charge is 2.43. The van der Waals surface area contributed by atoms with Crippen LogP contribution in [0, 0.1) is 6.92 Å². The van der Waals surface area contributed by atoms with E-state index in [0.29, 0.717) is 23.2 Å². The standard InChI is InChI=1S/C26H22F2N4O4/c1-3-31(18-7-9-22-23(13-18)36-26(27,28)35-22)24(33)15-32-25(34)19-8-6-16(2)11-20(19)21(30-32)12-17-5-4-10-29-14-17/h4-11,13-14H,3,12,15H2,1-2H3. The number of hydrogen-bond acceptors (Lipinski definition) is 6. The Kier molecular flexibility index (Phi) is 5.87. The lowest BCUT2D eigenvalue weighted by atomic mass is 10.0. The molecule has 1 aliphatic rings. The molecule has 0 saturated carbocycles. The van der Waals surface area contributed by atoms with Crippen molar-refractivity contribution in [2.75, 3.05) is 11.4 Å². The fourth-order valence-electron chi connectivity index (χ4n) is 4.22. The number of fused-ring (bicyclic) bond motifs is 2. The summed E-state index contributed by atoms with van der Waals surface area (Å²) in [5, 5.41) is 5.72. The van der Waals surface area contributed by atoms with Crippen molar-refractivity contribution in [1.82, 2.24) is 14.8 Å². The molecular weight excluding hydrogens is 470 g/mol. The van der Waals surface area contributed by atoms with Gasteiger partial charge in [0.25, 0.3) is 5.56 Å². The van der Waals surface area contributed by atoms with Crippen LogP contribution in [0.1, 0.15) is 23.7 Å². The molecule has 0 fully saturated rings. The van der Waals surface area contributed by atoms with E-state index < -0.39 is 17.8 Å². The van der Waals surface area contributed by atoms with Gasteiger partial charge in [0.2, 0.25) is 5.91 Å². The summed E-state index contributed by atoms with van der Waals surface area (Å²) >= 11 is 0. The highest BCUT2D eigenvalue weighted by Crippen LogP contribution is 2.42. The lowest BCUT2D eigenvalue weighted by molar-refractivity contribution is -0.286. The van der Waals surface area contributed by atoms with E-state index in [2.05, 4.69) is 19.6 Å². The van der Waals surface area contributed by atoms with Crippen LogP contribution in [0.4, 0.5) is 14.5 Å². The summed E-state index contributed by atoms with van der Waals surface area (Å²) in [5.41, 5.74) is 2.48. The van der Waals surface area contributed by atoms with Gasteiger partial charge in [-0.2, -0.15) is 5.10 Å². The molecule has 8 nitrogen and oxygen atoms in total. The van der Waals surface area contributed by atoms with Crippen LogP contribution in [-0.4, -0.2) is 33.5 Å². The predicted molar refractivity (Wildman–Crippen MR) is 128 cm³/mol. The second kappa shape index (κ2) is 9.03. The number of aromatic nitrogens is 3. The monoisotopic (exact) mass is 492 g/mol. The van der Waals surface area contributed by atoms with Crippen LogP contribution < -0.4 is 19.9 Å². The Morgan fingerprint density at radius 3 is 2.64 bits per heavy atom. The molecule has 3 heterocycles. The van der Waals surface area contributed by atoms with Crippen LogP contribution in [0.2, 0.25) is 0 Å². The number of nitrogens with zero attached hydrogens (tertiary/aromatic N) is 4. The van der Waals surface area contributed by atoms with E-state index in [0.717, 1.165) is 21.2 Å². The van der Waals surface area contributed by atoms with Gasteiger partial charge in [0.05, 0.1) is 11.1 Å². The van der Waals surface area contributed by atoms with E-state index in [1.807, 2.05) is 31.2 Å². The molecule has 0 aliphatic carbocycles. The average molecular weight is 492 g/mol. The third-order valence-corrected chi connectivity index (χ3v) is 5.89. The summed E-state index contributed by atoms with van der Waals surface area (Å²) in [4.78, 5) is 32.0. The molecule has 0 spiro atoms. The van der Waals surface area contributed by atoms with Crippen LogP contribution in [0.15, 0.2) is 65.7 Å². The summed E-state index contributed by atoms with van der Waals surface area (Å²) in [6.45, 7) is 3.58. The van der Waals surface area contributed by atoms with Gasteiger partial charge >= 0.3 is 6.29 Å². The molecular formula is C26H22F2N4O4. The molecule has 1 amide bonds. The molecule has 0 atom stereocenters. The van der Waals surface area contributed by atoms with Crippen molar-refractivity contribution in [3.63, 3.8) is 0 Å². The van der Waals surface area contributed by atoms with E-state index in [-0.39, 0.29) is 24.6 Å². The van der Waals surface area contributed by atoms with Gasteiger partial charge in [0.1, 0.15) is 6.54 Å². The van der Waals surface area contributed by atoms with Gasteiger partial charge in [0.15, 0.2) is 11.5 Å². The fourth-order valence-corrected chi connectivity index (χ4v) is 4.22. The van der Waals surface area contributed by atoms with Crippen molar-refractivity contribution in [1.29, 1.82) is 0 Å². The van der Waals surface area contributed by atoms with Gasteiger partial charge in [-0.3, -0.25) is 14.6 Å². The Balaban J connectivity index is 1.49. The molecule has 0 N–H and O–H groups in total. The summed E-state index contributed by atoms with van der Waals surface area (Å²) in [5.74, 6) is -0.717. The number of aryl methyl sites for hydroxylation is 1. The molecule has 0 radical (unpaired) electrons. The average Bonchev–Trinajstić information content (AvgIpc) is 3.16. The van der Waals surface area contributed by atoms with Gasteiger partial charge in [-0.15, -0.1) is 8.78 Å². The van der Waals surface area contributed by atoms with Gasteiger partial charge in [-0.25, -0.2) is 4.68 Å². The zero-order valence-corrected chi connectivity index (χ0v) is 19.6. The first-order valence-corrected chi connectivity index (χ1v) is 11.3. The number of halogens is 2. The number of hydrogen-bond donors (Lipinski definition) is 0. The van der Waals surface area contributed by atoms with Crippen LogP contribution in [-0.2, 0) is 17.8 Å². The normalized spacial score (nSPS) is 13.7. The molecule has 2 aromatic carbocycles. The summed E-state index contributed by atoms with van der Waals surface area (Å²) < 4.78 is 36.9. The van der Waals surface area contributed by atoms with Gasteiger partial charge in [-0.1, -0.05) is 17.7 Å². The quantitative estimate of drug-likeness (QED) is 0.404. The number of likely N-dealkylation sites (N-methyl/N-ethyl adjacent to an activating group) is 1. The highest BCUT2D eigenvalue weighted by molar-refractivity contribution is 5.94. The van der Waals surface area contributed by atoms with E-state index in [9.17, 15) is 18.4 Å². The summed E-state index contributed by atoms with van der Waals surface area (Å²) in [7, 11) is 0. The predicted octanol–water partition coefficient (Wildman–Crippen LogP) is 4.07. The first kappa shape index (κ1) is 23.4. The molecule has 36 heavy (non-hydrogen) atoms. The van der Waals surface area contributed by atoms with E-state index in [1.165, 1.54) is 23.1 Å². The van der Waals surface area contributed by atoms with Crippen molar-refractivity contribution in [3.8, 4) is 11.5 Å². The highest BCUT2D eigenvalue weighted by atomic mass is 19.3. The van der Waals surface area contributed by atoms with Crippen molar-refractivity contribution >= 4 is 22.4 Å². The maximum atomic E-state index is 13.4. The number of pyridine rings is 1. The maximum absolute atomic E-state index is 13.4. The molecule has 4 aromatic rings. The Hall–Kier alpha value is -4.34. The van der Waals surface area contributed by atoms with Gasteiger partial charge in [-0.05, 0) is 49.7 Å². The van der Waals surface area contributed by atoms with E-state index >= 15 is 0 Å². The van der Waals surface area contributed by atoms with Crippen LogP contribution in [0.5, 0.6) is 11.5 Å². The zero-order chi connectivity index (χ0) is 25.4. The maximum Gasteiger partial charge on any atom is 0.586 e. The summed E-state index contributed by atoms with van der Waals surface area (Å²) in [6, 6.07) is 13.3.